The molecule has 3 aromatic rings. The van der Waals surface area contributed by atoms with Crippen molar-refractivity contribution < 1.29 is 14.3 Å². The minimum Gasteiger partial charge on any atom is -0.379 e. The second kappa shape index (κ2) is 9.20. The number of morpholine rings is 1. The van der Waals surface area contributed by atoms with Crippen LogP contribution in [0.5, 0.6) is 0 Å². The number of rotatable bonds is 7. The van der Waals surface area contributed by atoms with Crippen molar-refractivity contribution in [3.05, 3.63) is 45.6 Å². The second-order valence-corrected chi connectivity index (χ2v) is 8.26. The Labute approximate surface area is 190 Å². The topological polar surface area (TPSA) is 129 Å². The van der Waals surface area contributed by atoms with Crippen LogP contribution in [-0.4, -0.2) is 61.7 Å². The number of imidazole rings is 2. The molecule has 33 heavy (non-hydrogen) atoms. The van der Waals surface area contributed by atoms with Gasteiger partial charge in [0, 0.05) is 52.0 Å². The first kappa shape index (κ1) is 22.7. The van der Waals surface area contributed by atoms with Crippen LogP contribution in [0.3, 0.4) is 0 Å². The quantitative estimate of drug-likeness (QED) is 0.539. The van der Waals surface area contributed by atoms with Crippen LogP contribution >= 0.6 is 0 Å². The lowest BCUT2D eigenvalue weighted by Gasteiger charge is -2.27. The number of benzene rings is 1. The van der Waals surface area contributed by atoms with E-state index in [4.69, 9.17) is 10.5 Å². The Kier molecular flexibility index (Phi) is 6.34. The summed E-state index contributed by atoms with van der Waals surface area (Å²) in [6.45, 7) is 6.15. The number of aryl methyl sites for hydroxylation is 2. The minimum atomic E-state index is -0.532. The predicted octanol–water partition coefficient (Wildman–Crippen LogP) is 0.667. The number of nitrogens with two attached hydrogens (primary N) is 1. The number of aromatic nitrogens is 4. The van der Waals surface area contributed by atoms with Crippen LogP contribution in [0.15, 0.2) is 23.1 Å². The summed E-state index contributed by atoms with van der Waals surface area (Å²) in [4.78, 5) is 43.9. The Balaban J connectivity index is 1.79. The van der Waals surface area contributed by atoms with Gasteiger partial charge < -0.3 is 19.6 Å². The highest BCUT2D eigenvalue weighted by Crippen LogP contribution is 2.27. The average Bonchev–Trinajstić information content (AvgIpc) is 3.26. The maximum atomic E-state index is 13.0. The van der Waals surface area contributed by atoms with E-state index in [-0.39, 0.29) is 11.4 Å². The van der Waals surface area contributed by atoms with Crippen molar-refractivity contribution in [1.29, 1.82) is 0 Å². The van der Waals surface area contributed by atoms with Crippen molar-refractivity contribution in [1.82, 2.24) is 23.6 Å². The Morgan fingerprint density at radius 3 is 2.55 bits per heavy atom. The highest BCUT2D eigenvalue weighted by Gasteiger charge is 2.22. The summed E-state index contributed by atoms with van der Waals surface area (Å²) in [5, 5.41) is 2.85. The molecule has 0 aliphatic carbocycles. The fraction of sp³-hybridized carbons (Fsp3) is 0.455. The molecule has 0 radical (unpaired) electrons. The molecular weight excluding hydrogens is 426 g/mol. The maximum absolute atomic E-state index is 13.0. The van der Waals surface area contributed by atoms with Crippen LogP contribution < -0.4 is 16.7 Å². The van der Waals surface area contributed by atoms with Crippen LogP contribution in [0, 0.1) is 0 Å². The molecular formula is C22H29N7O4. The summed E-state index contributed by atoms with van der Waals surface area (Å²) in [5.41, 5.74) is 8.24. The molecule has 4 rings (SSSR count). The summed E-state index contributed by atoms with van der Waals surface area (Å²) < 4.78 is 10.0. The lowest BCUT2D eigenvalue weighted by molar-refractivity contribution is 0.0343. The number of nitrogens with one attached hydrogen (secondary N) is 1. The van der Waals surface area contributed by atoms with Gasteiger partial charge in [-0.15, -0.1) is 0 Å². The minimum absolute atomic E-state index is 0.226. The summed E-state index contributed by atoms with van der Waals surface area (Å²) in [6.07, 6.45) is 2.30. The number of anilines is 1. The third-order valence-corrected chi connectivity index (χ3v) is 5.87. The highest BCUT2D eigenvalue weighted by atomic mass is 16.5. The van der Waals surface area contributed by atoms with Gasteiger partial charge in [0.25, 0.3) is 5.91 Å². The van der Waals surface area contributed by atoms with Crippen LogP contribution in [0.1, 0.15) is 39.8 Å². The first-order valence-electron chi connectivity index (χ1n) is 11.0. The first-order chi connectivity index (χ1) is 15.8. The summed E-state index contributed by atoms with van der Waals surface area (Å²) in [6, 6.07) is 3.46. The van der Waals surface area contributed by atoms with Gasteiger partial charge in [-0.25, -0.2) is 9.78 Å². The van der Waals surface area contributed by atoms with Crippen molar-refractivity contribution in [3.8, 4) is 0 Å². The molecule has 2 aromatic heterocycles. The third kappa shape index (κ3) is 4.41. The predicted molar refractivity (Wildman–Crippen MR) is 123 cm³/mol. The number of amides is 2. The molecule has 1 aliphatic rings. The van der Waals surface area contributed by atoms with E-state index in [0.717, 1.165) is 30.6 Å². The Morgan fingerprint density at radius 1 is 1.21 bits per heavy atom. The zero-order valence-electron chi connectivity index (χ0n) is 19.1. The fourth-order valence-electron chi connectivity index (χ4n) is 4.20. The number of hydrogen-bond donors (Lipinski definition) is 2. The first-order valence-corrected chi connectivity index (χ1v) is 11.0. The normalized spacial score (nSPS) is 14.6. The monoisotopic (exact) mass is 455 g/mol. The largest absolute Gasteiger partial charge is 0.379 e. The molecule has 0 spiro atoms. The van der Waals surface area contributed by atoms with Gasteiger partial charge in [-0.05, 0) is 24.1 Å². The summed E-state index contributed by atoms with van der Waals surface area (Å²) in [7, 11) is 3.14. The number of ether oxygens (including phenoxy) is 1. The van der Waals surface area contributed by atoms with Crippen molar-refractivity contribution in [2.24, 2.45) is 19.8 Å². The lowest BCUT2D eigenvalue weighted by atomic mass is 10.1. The molecule has 176 valence electrons. The summed E-state index contributed by atoms with van der Waals surface area (Å²) >= 11 is 0. The number of fused-ring (bicyclic) bond motifs is 1. The van der Waals surface area contributed by atoms with E-state index in [2.05, 4.69) is 15.2 Å². The van der Waals surface area contributed by atoms with E-state index >= 15 is 0 Å². The van der Waals surface area contributed by atoms with Crippen molar-refractivity contribution in [3.63, 3.8) is 0 Å². The maximum Gasteiger partial charge on any atom is 0.328 e. The average molecular weight is 456 g/mol. The van der Waals surface area contributed by atoms with Gasteiger partial charge in [0.2, 0.25) is 11.9 Å². The molecule has 11 heteroatoms. The molecule has 11 nitrogen and oxygen atoms in total. The molecule has 1 aliphatic heterocycles. The van der Waals surface area contributed by atoms with Crippen molar-refractivity contribution in [2.45, 2.75) is 26.4 Å². The molecule has 2 amide bonds. The van der Waals surface area contributed by atoms with Gasteiger partial charge >= 0.3 is 5.69 Å². The molecule has 3 heterocycles. The molecule has 1 saturated heterocycles. The number of nitrogens with zero attached hydrogens (tertiary/aromatic N) is 5. The van der Waals surface area contributed by atoms with E-state index in [1.807, 2.05) is 11.5 Å². The molecule has 0 bridgehead atoms. The summed E-state index contributed by atoms with van der Waals surface area (Å²) in [5.74, 6) is -0.610. The number of carbonyl (C=O) groups is 2. The zero-order chi connectivity index (χ0) is 23.7. The van der Waals surface area contributed by atoms with Crippen molar-refractivity contribution >= 4 is 28.8 Å². The standard InChI is InChI=1S/C22H29N7O4/c1-4-5-29-18-15(12-28-6-8-33-9-7-28)10-14(19(23)30)11-16(18)24-21(29)25-20(31)17-13-26(2)22(32)27(17)3/h10-11,13H,4-9,12H2,1-3H3,(H2,23,30)(H,24,25,31). The molecule has 3 N–H and O–H groups in total. The molecule has 0 saturated carbocycles. The highest BCUT2D eigenvalue weighted by molar-refractivity contribution is 6.03. The third-order valence-electron chi connectivity index (χ3n) is 5.87. The van der Waals surface area contributed by atoms with Gasteiger partial charge in [-0.1, -0.05) is 6.92 Å². The van der Waals surface area contributed by atoms with Gasteiger partial charge in [0.05, 0.1) is 24.2 Å². The number of primary amides is 1. The SMILES string of the molecule is CCCn1c(NC(=O)c2cn(C)c(=O)n2C)nc2cc(C(N)=O)cc(CN3CCOCC3)c21. The molecule has 1 fully saturated rings. The fourth-order valence-corrected chi connectivity index (χ4v) is 4.20. The van der Waals surface area contributed by atoms with Gasteiger partial charge in [-0.2, -0.15) is 0 Å². The van der Waals surface area contributed by atoms with Crippen molar-refractivity contribution in [2.75, 3.05) is 31.6 Å². The van der Waals surface area contributed by atoms with Crippen LogP contribution in [0.2, 0.25) is 0 Å². The molecule has 0 atom stereocenters. The van der Waals surface area contributed by atoms with Gasteiger partial charge in [-0.3, -0.25) is 24.4 Å². The van der Waals surface area contributed by atoms with Gasteiger partial charge in [0.15, 0.2) is 0 Å². The number of hydrogen-bond acceptors (Lipinski definition) is 6. The molecule has 0 unspecified atom stereocenters. The smallest absolute Gasteiger partial charge is 0.328 e. The zero-order valence-corrected chi connectivity index (χ0v) is 19.1. The van der Waals surface area contributed by atoms with E-state index in [1.54, 1.807) is 26.2 Å². The Hall–Kier alpha value is -3.44. The van der Waals surface area contributed by atoms with E-state index in [1.165, 1.54) is 15.3 Å². The van der Waals surface area contributed by atoms with Crippen LogP contribution in [0.4, 0.5) is 5.95 Å². The van der Waals surface area contributed by atoms with E-state index in [9.17, 15) is 14.4 Å². The number of carbonyl (C=O) groups excluding carboxylic acids is 2. The molecule has 1 aromatic carbocycles. The van der Waals surface area contributed by atoms with E-state index < -0.39 is 11.8 Å². The Bertz CT molecular complexity index is 1260. The van der Waals surface area contributed by atoms with Crippen LogP contribution in [-0.2, 0) is 31.9 Å². The Morgan fingerprint density at radius 2 is 1.94 bits per heavy atom. The second-order valence-electron chi connectivity index (χ2n) is 8.26. The van der Waals surface area contributed by atoms with E-state index in [0.29, 0.717) is 43.3 Å². The van der Waals surface area contributed by atoms with Gasteiger partial charge in [0.1, 0.15) is 5.69 Å². The lowest BCUT2D eigenvalue weighted by Crippen LogP contribution is -2.35. The van der Waals surface area contributed by atoms with Crippen LogP contribution in [0.25, 0.3) is 11.0 Å².